The third kappa shape index (κ3) is 4.47. The van der Waals surface area contributed by atoms with E-state index in [4.69, 9.17) is 4.74 Å². The molecule has 0 unspecified atom stereocenters. The number of nitrogens with zero attached hydrogens (tertiary/aromatic N) is 1. The second-order valence-corrected chi connectivity index (χ2v) is 5.74. The van der Waals surface area contributed by atoms with Gasteiger partial charge < -0.3 is 4.74 Å². The normalized spacial score (nSPS) is 15.4. The van der Waals surface area contributed by atoms with Crippen LogP contribution in [0.15, 0.2) is 72.3 Å². The molecule has 114 valence electrons. The van der Waals surface area contributed by atoms with Crippen LogP contribution in [0, 0.1) is 0 Å². The van der Waals surface area contributed by atoms with Crippen molar-refractivity contribution in [1.29, 1.82) is 0 Å². The highest BCUT2D eigenvalue weighted by molar-refractivity contribution is 5.21. The first-order valence-corrected chi connectivity index (χ1v) is 8.02. The fourth-order valence-corrected chi connectivity index (χ4v) is 2.78. The summed E-state index contributed by atoms with van der Waals surface area (Å²) in [6, 6.07) is 20.8. The molecule has 2 nitrogen and oxygen atoms in total. The van der Waals surface area contributed by atoms with Gasteiger partial charge in [0.15, 0.2) is 0 Å². The zero-order chi connectivity index (χ0) is 15.0. The summed E-state index contributed by atoms with van der Waals surface area (Å²) >= 11 is 0. The molecule has 0 spiro atoms. The summed E-state index contributed by atoms with van der Waals surface area (Å²) < 4.78 is 5.78. The van der Waals surface area contributed by atoms with Crippen LogP contribution in [0.25, 0.3) is 0 Å². The summed E-state index contributed by atoms with van der Waals surface area (Å²) in [7, 11) is 0. The topological polar surface area (TPSA) is 12.5 Å². The minimum atomic E-state index is 0.772. The predicted molar refractivity (Wildman–Crippen MR) is 91.0 cm³/mol. The second kappa shape index (κ2) is 7.81. The Labute approximate surface area is 133 Å². The van der Waals surface area contributed by atoms with Crippen LogP contribution in [-0.2, 0) is 6.54 Å². The van der Waals surface area contributed by atoms with E-state index in [0.29, 0.717) is 0 Å². The average Bonchev–Trinajstić information content (AvgIpc) is 2.58. The van der Waals surface area contributed by atoms with Crippen molar-refractivity contribution in [3.63, 3.8) is 0 Å². The lowest BCUT2D eigenvalue weighted by molar-refractivity contribution is 0.275. The highest BCUT2D eigenvalue weighted by Gasteiger charge is 2.11. The Bertz CT molecular complexity index is 592. The Kier molecular flexibility index (Phi) is 5.27. The summed E-state index contributed by atoms with van der Waals surface area (Å²) in [4.78, 5) is 2.50. The third-order valence-corrected chi connectivity index (χ3v) is 4.07. The molecule has 1 aliphatic rings. The summed E-state index contributed by atoms with van der Waals surface area (Å²) in [6.07, 6.45) is 4.57. The Morgan fingerprint density at radius 2 is 1.64 bits per heavy atom. The minimum Gasteiger partial charge on any atom is -0.493 e. The molecule has 22 heavy (non-hydrogen) atoms. The first kappa shape index (κ1) is 14.9. The van der Waals surface area contributed by atoms with Gasteiger partial charge in [0.05, 0.1) is 6.61 Å². The molecule has 1 aliphatic heterocycles. The van der Waals surface area contributed by atoms with Gasteiger partial charge in [-0.05, 0) is 24.1 Å². The van der Waals surface area contributed by atoms with Crippen molar-refractivity contribution in [1.82, 2.24) is 4.90 Å². The molecule has 0 amide bonds. The second-order valence-electron chi connectivity index (χ2n) is 5.74. The van der Waals surface area contributed by atoms with E-state index in [1.165, 1.54) is 11.1 Å². The van der Waals surface area contributed by atoms with Gasteiger partial charge in [0.1, 0.15) is 5.75 Å². The Morgan fingerprint density at radius 3 is 2.32 bits per heavy atom. The molecular formula is C20H23NO. The Balaban J connectivity index is 1.41. The van der Waals surface area contributed by atoms with Crippen molar-refractivity contribution in [2.24, 2.45) is 0 Å². The first-order valence-electron chi connectivity index (χ1n) is 8.02. The monoisotopic (exact) mass is 293 g/mol. The molecule has 0 saturated heterocycles. The molecule has 2 aromatic rings. The zero-order valence-corrected chi connectivity index (χ0v) is 12.9. The Morgan fingerprint density at radius 1 is 0.909 bits per heavy atom. The van der Waals surface area contributed by atoms with E-state index in [2.05, 4.69) is 41.3 Å². The van der Waals surface area contributed by atoms with Gasteiger partial charge in [-0.3, -0.25) is 4.90 Å². The quantitative estimate of drug-likeness (QED) is 0.737. The van der Waals surface area contributed by atoms with Gasteiger partial charge >= 0.3 is 0 Å². The minimum absolute atomic E-state index is 0.772. The zero-order valence-electron chi connectivity index (χ0n) is 12.9. The molecule has 0 saturated carbocycles. The maximum Gasteiger partial charge on any atom is 0.119 e. The Hall–Kier alpha value is -2.06. The number of benzene rings is 2. The van der Waals surface area contributed by atoms with E-state index < -0.39 is 0 Å². The van der Waals surface area contributed by atoms with Crippen molar-refractivity contribution in [3.8, 4) is 5.75 Å². The van der Waals surface area contributed by atoms with Crippen LogP contribution in [-0.4, -0.2) is 24.6 Å². The van der Waals surface area contributed by atoms with Crippen LogP contribution in [0.5, 0.6) is 5.75 Å². The first-order chi connectivity index (χ1) is 10.9. The van der Waals surface area contributed by atoms with E-state index in [1.807, 2.05) is 30.3 Å². The van der Waals surface area contributed by atoms with E-state index in [9.17, 15) is 0 Å². The van der Waals surface area contributed by atoms with Crippen LogP contribution in [0.1, 0.15) is 18.4 Å². The van der Waals surface area contributed by atoms with E-state index in [-0.39, 0.29) is 0 Å². The molecule has 0 atom stereocenters. The lowest BCUT2D eigenvalue weighted by atomic mass is 10.0. The van der Waals surface area contributed by atoms with Gasteiger partial charge in [0.2, 0.25) is 0 Å². The van der Waals surface area contributed by atoms with Gasteiger partial charge in [-0.2, -0.15) is 0 Å². The lowest BCUT2D eigenvalue weighted by Gasteiger charge is -2.26. The molecule has 2 aromatic carbocycles. The number of rotatable bonds is 6. The largest absolute Gasteiger partial charge is 0.493 e. The molecule has 3 rings (SSSR count). The van der Waals surface area contributed by atoms with Crippen LogP contribution in [0.2, 0.25) is 0 Å². The average molecular weight is 293 g/mol. The van der Waals surface area contributed by atoms with E-state index in [1.54, 1.807) is 0 Å². The molecular weight excluding hydrogens is 270 g/mol. The van der Waals surface area contributed by atoms with Gasteiger partial charge in [0.25, 0.3) is 0 Å². The van der Waals surface area contributed by atoms with Crippen molar-refractivity contribution >= 4 is 0 Å². The summed E-state index contributed by atoms with van der Waals surface area (Å²) in [5, 5.41) is 0. The van der Waals surface area contributed by atoms with Crippen molar-refractivity contribution in [3.05, 3.63) is 77.9 Å². The van der Waals surface area contributed by atoms with E-state index >= 15 is 0 Å². The maximum atomic E-state index is 5.78. The molecule has 0 bridgehead atoms. The molecule has 0 radical (unpaired) electrons. The number of ether oxygens (including phenoxy) is 1. The van der Waals surface area contributed by atoms with E-state index in [0.717, 1.165) is 44.8 Å². The fourth-order valence-electron chi connectivity index (χ4n) is 2.78. The van der Waals surface area contributed by atoms with Crippen LogP contribution in [0.3, 0.4) is 0 Å². The summed E-state index contributed by atoms with van der Waals surface area (Å²) in [6.45, 7) is 4.02. The van der Waals surface area contributed by atoms with Crippen LogP contribution < -0.4 is 4.74 Å². The highest BCUT2D eigenvalue weighted by atomic mass is 16.5. The van der Waals surface area contributed by atoms with Crippen LogP contribution >= 0.6 is 0 Å². The predicted octanol–water partition coefficient (Wildman–Crippen LogP) is 4.29. The third-order valence-electron chi connectivity index (χ3n) is 4.07. The summed E-state index contributed by atoms with van der Waals surface area (Å²) in [5.74, 6) is 0.963. The summed E-state index contributed by atoms with van der Waals surface area (Å²) in [5.41, 5.74) is 2.92. The standard InChI is InChI=1S/C20H23NO/c1-3-7-19(8-4-1)17-21-14-11-18(12-15-21)13-16-22-20-9-5-2-6-10-20/h1-11H,12-17H2. The lowest BCUT2D eigenvalue weighted by Crippen LogP contribution is -2.28. The van der Waals surface area contributed by atoms with Crippen molar-refractivity contribution in [2.45, 2.75) is 19.4 Å². The van der Waals surface area contributed by atoms with Crippen LogP contribution in [0.4, 0.5) is 0 Å². The molecule has 0 N–H and O–H groups in total. The smallest absolute Gasteiger partial charge is 0.119 e. The maximum absolute atomic E-state index is 5.78. The molecule has 0 aliphatic carbocycles. The van der Waals surface area contributed by atoms with Crippen molar-refractivity contribution < 1.29 is 4.74 Å². The van der Waals surface area contributed by atoms with Gasteiger partial charge in [-0.25, -0.2) is 0 Å². The van der Waals surface area contributed by atoms with Gasteiger partial charge in [0, 0.05) is 26.1 Å². The van der Waals surface area contributed by atoms with Crippen molar-refractivity contribution in [2.75, 3.05) is 19.7 Å². The molecule has 2 heteroatoms. The highest BCUT2D eigenvalue weighted by Crippen LogP contribution is 2.17. The van der Waals surface area contributed by atoms with Gasteiger partial charge in [-0.15, -0.1) is 0 Å². The number of para-hydroxylation sites is 1. The fraction of sp³-hybridized carbons (Fsp3) is 0.300. The number of hydrogen-bond acceptors (Lipinski definition) is 2. The molecule has 0 fully saturated rings. The van der Waals surface area contributed by atoms with Gasteiger partial charge in [-0.1, -0.05) is 60.2 Å². The molecule has 0 aromatic heterocycles. The SMILES string of the molecule is C1=C(CCOc2ccccc2)CCN(Cc2ccccc2)C1. The number of hydrogen-bond donors (Lipinski definition) is 0. The molecule has 1 heterocycles.